The smallest absolute Gasteiger partial charge is 0.328 e. The molecule has 1 aromatic carbocycles. The zero-order chi connectivity index (χ0) is 13.5. The van der Waals surface area contributed by atoms with E-state index in [1.807, 2.05) is 30.3 Å². The van der Waals surface area contributed by atoms with Crippen LogP contribution in [0.15, 0.2) is 30.3 Å². The van der Waals surface area contributed by atoms with Gasteiger partial charge in [-0.2, -0.15) is 0 Å². The Labute approximate surface area is 106 Å². The van der Waals surface area contributed by atoms with Gasteiger partial charge in [0.05, 0.1) is 7.11 Å². The second-order valence-corrected chi connectivity index (χ2v) is 3.95. The lowest BCUT2D eigenvalue weighted by atomic mass is 10.1. The third-order valence-electron chi connectivity index (χ3n) is 2.46. The number of amides is 1. The SMILES string of the molecule is COC(=O)[C@@H](Cc1ccccc1)NC(=O)[C@@H](C)O. The minimum atomic E-state index is -1.16. The Morgan fingerprint density at radius 3 is 2.44 bits per heavy atom. The molecule has 0 saturated heterocycles. The molecule has 98 valence electrons. The molecule has 1 amide bonds. The van der Waals surface area contributed by atoms with E-state index < -0.39 is 24.0 Å². The normalized spacial score (nSPS) is 13.5. The third kappa shape index (κ3) is 4.18. The number of rotatable bonds is 5. The fraction of sp³-hybridized carbons (Fsp3) is 0.385. The van der Waals surface area contributed by atoms with Gasteiger partial charge in [0, 0.05) is 6.42 Å². The lowest BCUT2D eigenvalue weighted by Gasteiger charge is -2.17. The van der Waals surface area contributed by atoms with Crippen molar-refractivity contribution in [2.75, 3.05) is 7.11 Å². The van der Waals surface area contributed by atoms with Crippen molar-refractivity contribution in [3.63, 3.8) is 0 Å². The van der Waals surface area contributed by atoms with E-state index in [4.69, 9.17) is 5.11 Å². The highest BCUT2D eigenvalue weighted by atomic mass is 16.5. The summed E-state index contributed by atoms with van der Waals surface area (Å²) < 4.78 is 4.63. The van der Waals surface area contributed by atoms with Gasteiger partial charge in [0.2, 0.25) is 5.91 Å². The van der Waals surface area contributed by atoms with Gasteiger partial charge in [-0.25, -0.2) is 4.79 Å². The quantitative estimate of drug-likeness (QED) is 0.736. The zero-order valence-electron chi connectivity index (χ0n) is 10.4. The molecule has 2 N–H and O–H groups in total. The lowest BCUT2D eigenvalue weighted by Crippen LogP contribution is -2.46. The molecule has 0 unspecified atom stereocenters. The van der Waals surface area contributed by atoms with Crippen molar-refractivity contribution in [3.8, 4) is 0 Å². The van der Waals surface area contributed by atoms with Gasteiger partial charge in [-0.05, 0) is 12.5 Å². The topological polar surface area (TPSA) is 75.6 Å². The molecule has 0 radical (unpaired) electrons. The van der Waals surface area contributed by atoms with Gasteiger partial charge in [-0.1, -0.05) is 30.3 Å². The molecule has 0 aromatic heterocycles. The summed E-state index contributed by atoms with van der Waals surface area (Å²) in [6, 6.07) is 8.47. The van der Waals surface area contributed by atoms with Crippen LogP contribution in [-0.4, -0.2) is 36.2 Å². The summed E-state index contributed by atoms with van der Waals surface area (Å²) in [6.45, 7) is 1.34. The molecular formula is C13H17NO4. The first-order chi connectivity index (χ1) is 8.54. The second-order valence-electron chi connectivity index (χ2n) is 3.95. The first kappa shape index (κ1) is 14.2. The molecule has 5 heteroatoms. The maximum absolute atomic E-state index is 11.6. The van der Waals surface area contributed by atoms with Crippen molar-refractivity contribution < 1.29 is 19.4 Å². The molecule has 0 spiro atoms. The van der Waals surface area contributed by atoms with E-state index in [-0.39, 0.29) is 0 Å². The summed E-state index contributed by atoms with van der Waals surface area (Å²) in [4.78, 5) is 23.0. The van der Waals surface area contributed by atoms with Crippen LogP contribution in [0.1, 0.15) is 12.5 Å². The van der Waals surface area contributed by atoms with E-state index in [0.717, 1.165) is 5.56 Å². The number of hydrogen-bond donors (Lipinski definition) is 2. The fourth-order valence-corrected chi connectivity index (χ4v) is 1.48. The summed E-state index contributed by atoms with van der Waals surface area (Å²) in [7, 11) is 1.26. The summed E-state index contributed by atoms with van der Waals surface area (Å²) in [5.41, 5.74) is 0.902. The van der Waals surface area contributed by atoms with Gasteiger partial charge in [0.25, 0.3) is 0 Å². The molecule has 5 nitrogen and oxygen atoms in total. The average molecular weight is 251 g/mol. The standard InChI is InChI=1S/C13H17NO4/c1-9(15)12(16)14-11(13(17)18-2)8-10-6-4-3-5-7-10/h3-7,9,11,15H,8H2,1-2H3,(H,14,16)/t9-,11-/m1/s1. The van der Waals surface area contributed by atoms with Gasteiger partial charge in [0.15, 0.2) is 0 Å². The van der Waals surface area contributed by atoms with E-state index in [9.17, 15) is 9.59 Å². The fourth-order valence-electron chi connectivity index (χ4n) is 1.48. The van der Waals surface area contributed by atoms with Crippen molar-refractivity contribution >= 4 is 11.9 Å². The van der Waals surface area contributed by atoms with Gasteiger partial charge >= 0.3 is 5.97 Å². The summed E-state index contributed by atoms with van der Waals surface area (Å²) in [6.07, 6.45) is -0.834. The first-order valence-electron chi connectivity index (χ1n) is 5.64. The first-order valence-corrected chi connectivity index (χ1v) is 5.64. The Kier molecular flexibility index (Phi) is 5.32. The van der Waals surface area contributed by atoms with Crippen molar-refractivity contribution in [1.29, 1.82) is 0 Å². The molecule has 0 heterocycles. The van der Waals surface area contributed by atoms with Gasteiger partial charge in [-0.3, -0.25) is 4.79 Å². The molecule has 0 aliphatic rings. The number of ether oxygens (including phenoxy) is 1. The van der Waals surface area contributed by atoms with Gasteiger partial charge in [-0.15, -0.1) is 0 Å². The summed E-state index contributed by atoms with van der Waals surface area (Å²) >= 11 is 0. The van der Waals surface area contributed by atoms with E-state index in [1.165, 1.54) is 14.0 Å². The van der Waals surface area contributed by atoms with Crippen LogP contribution < -0.4 is 5.32 Å². The number of nitrogens with one attached hydrogen (secondary N) is 1. The predicted octanol–water partition coefficient (Wildman–Crippen LogP) is 0.268. The highest BCUT2D eigenvalue weighted by Gasteiger charge is 2.23. The number of carbonyl (C=O) groups excluding carboxylic acids is 2. The Balaban J connectivity index is 2.73. The minimum absolute atomic E-state index is 0.325. The second kappa shape index (κ2) is 6.76. The molecular weight excluding hydrogens is 234 g/mol. The van der Waals surface area contributed by atoms with Crippen LogP contribution in [0.25, 0.3) is 0 Å². The van der Waals surface area contributed by atoms with Crippen molar-refractivity contribution in [2.45, 2.75) is 25.5 Å². The van der Waals surface area contributed by atoms with Gasteiger partial charge in [0.1, 0.15) is 12.1 Å². The molecule has 18 heavy (non-hydrogen) atoms. The van der Waals surface area contributed by atoms with Crippen LogP contribution in [0, 0.1) is 0 Å². The number of benzene rings is 1. The molecule has 0 aliphatic heterocycles. The van der Waals surface area contributed by atoms with E-state index in [2.05, 4.69) is 10.1 Å². The van der Waals surface area contributed by atoms with Crippen molar-refractivity contribution in [1.82, 2.24) is 5.32 Å². The highest BCUT2D eigenvalue weighted by molar-refractivity contribution is 5.86. The van der Waals surface area contributed by atoms with Crippen LogP contribution in [0.4, 0.5) is 0 Å². The number of aliphatic hydroxyl groups excluding tert-OH is 1. The molecule has 0 saturated carbocycles. The molecule has 0 fully saturated rings. The summed E-state index contributed by atoms with van der Waals surface area (Å²) in [5.74, 6) is -1.13. The molecule has 0 aliphatic carbocycles. The zero-order valence-corrected chi connectivity index (χ0v) is 10.4. The molecule has 0 bridgehead atoms. The number of esters is 1. The number of aliphatic hydroxyl groups is 1. The van der Waals surface area contributed by atoms with Crippen LogP contribution in [0.3, 0.4) is 0 Å². The van der Waals surface area contributed by atoms with Crippen molar-refractivity contribution in [2.24, 2.45) is 0 Å². The predicted molar refractivity (Wildman–Crippen MR) is 65.8 cm³/mol. The number of hydrogen-bond acceptors (Lipinski definition) is 4. The van der Waals surface area contributed by atoms with Gasteiger partial charge < -0.3 is 15.2 Å². The molecule has 1 rings (SSSR count). The number of carbonyl (C=O) groups is 2. The van der Waals surface area contributed by atoms with Crippen LogP contribution >= 0.6 is 0 Å². The van der Waals surface area contributed by atoms with E-state index in [1.54, 1.807) is 0 Å². The Bertz CT molecular complexity index is 403. The highest BCUT2D eigenvalue weighted by Crippen LogP contribution is 2.04. The summed E-state index contributed by atoms with van der Waals surface area (Å²) in [5, 5.41) is 11.6. The van der Waals surface area contributed by atoms with Crippen LogP contribution in [-0.2, 0) is 20.7 Å². The maximum atomic E-state index is 11.6. The molecule has 1 aromatic rings. The van der Waals surface area contributed by atoms with Crippen molar-refractivity contribution in [3.05, 3.63) is 35.9 Å². The van der Waals surface area contributed by atoms with Crippen LogP contribution in [0.2, 0.25) is 0 Å². The molecule has 2 atom stereocenters. The Morgan fingerprint density at radius 1 is 1.33 bits per heavy atom. The average Bonchev–Trinajstić information content (AvgIpc) is 2.38. The lowest BCUT2D eigenvalue weighted by molar-refractivity contribution is -0.146. The largest absolute Gasteiger partial charge is 0.467 e. The minimum Gasteiger partial charge on any atom is -0.467 e. The van der Waals surface area contributed by atoms with E-state index >= 15 is 0 Å². The third-order valence-corrected chi connectivity index (χ3v) is 2.46. The number of methoxy groups -OCH3 is 1. The maximum Gasteiger partial charge on any atom is 0.328 e. The monoisotopic (exact) mass is 251 g/mol. The Hall–Kier alpha value is -1.88. The van der Waals surface area contributed by atoms with Crippen LogP contribution in [0.5, 0.6) is 0 Å². The van der Waals surface area contributed by atoms with E-state index in [0.29, 0.717) is 6.42 Å². The Morgan fingerprint density at radius 2 is 1.94 bits per heavy atom.